The lowest BCUT2D eigenvalue weighted by molar-refractivity contribution is -0.133. The molecule has 1 heterocycles. The zero-order valence-electron chi connectivity index (χ0n) is 11.9. The van der Waals surface area contributed by atoms with Crippen LogP contribution < -0.4 is 4.72 Å². The van der Waals surface area contributed by atoms with Crippen molar-refractivity contribution < 1.29 is 23.4 Å². The smallest absolute Gasteiger partial charge is 0.313 e. The van der Waals surface area contributed by atoms with Gasteiger partial charge in [-0.2, -0.15) is 0 Å². The lowest BCUT2D eigenvalue weighted by atomic mass is 10.1. The number of hydrogen-bond acceptors (Lipinski definition) is 7. The summed E-state index contributed by atoms with van der Waals surface area (Å²) in [6.07, 6.45) is 1.05. The molecule has 9 nitrogen and oxygen atoms in total. The first-order valence-electron chi connectivity index (χ1n) is 5.90. The number of carboxylic acids is 1. The SMILES string of the molecule is CC(C)(Cn1c(CO)nnc1SCC(=O)O)NS(C)(=O)=O. The topological polar surface area (TPSA) is 134 Å². The van der Waals surface area contributed by atoms with Crippen LogP contribution in [0, 0.1) is 0 Å². The summed E-state index contributed by atoms with van der Waals surface area (Å²) in [5, 5.41) is 25.8. The van der Waals surface area contributed by atoms with Crippen molar-refractivity contribution in [1.29, 1.82) is 0 Å². The Morgan fingerprint density at radius 2 is 2.05 bits per heavy atom. The molecule has 11 heteroatoms. The highest BCUT2D eigenvalue weighted by Gasteiger charge is 2.26. The molecule has 120 valence electrons. The number of sulfonamides is 1. The van der Waals surface area contributed by atoms with Gasteiger partial charge in [-0.1, -0.05) is 11.8 Å². The van der Waals surface area contributed by atoms with Gasteiger partial charge in [-0.05, 0) is 13.8 Å². The zero-order chi connectivity index (χ0) is 16.3. The molecule has 0 aliphatic carbocycles. The molecule has 0 amide bonds. The minimum atomic E-state index is -3.41. The largest absolute Gasteiger partial charge is 0.481 e. The van der Waals surface area contributed by atoms with Crippen LogP contribution in [-0.2, 0) is 28.0 Å². The van der Waals surface area contributed by atoms with Crippen LogP contribution in [0.3, 0.4) is 0 Å². The highest BCUT2D eigenvalue weighted by atomic mass is 32.2. The number of nitrogens with one attached hydrogen (secondary N) is 1. The van der Waals surface area contributed by atoms with Crippen LogP contribution in [0.1, 0.15) is 19.7 Å². The Labute approximate surface area is 126 Å². The van der Waals surface area contributed by atoms with Crippen molar-refractivity contribution in [3.63, 3.8) is 0 Å². The Hall–Kier alpha value is -1.17. The Kier molecular flexibility index (Phi) is 5.73. The maximum Gasteiger partial charge on any atom is 0.313 e. The molecule has 0 aliphatic rings. The molecule has 1 aromatic heterocycles. The van der Waals surface area contributed by atoms with Crippen molar-refractivity contribution >= 4 is 27.8 Å². The first-order chi connectivity index (χ1) is 9.54. The lowest BCUT2D eigenvalue weighted by Gasteiger charge is -2.26. The van der Waals surface area contributed by atoms with Gasteiger partial charge in [0.15, 0.2) is 11.0 Å². The zero-order valence-corrected chi connectivity index (χ0v) is 13.5. The second-order valence-corrected chi connectivity index (χ2v) is 7.77. The minimum Gasteiger partial charge on any atom is -0.481 e. The number of thioether (sulfide) groups is 1. The number of nitrogens with zero attached hydrogens (tertiary/aromatic N) is 3. The van der Waals surface area contributed by atoms with Crippen molar-refractivity contribution in [2.24, 2.45) is 0 Å². The number of aromatic nitrogens is 3. The number of rotatable bonds is 8. The van der Waals surface area contributed by atoms with Gasteiger partial charge in [0.05, 0.1) is 12.0 Å². The third kappa shape index (κ3) is 5.99. The molecular weight excluding hydrogens is 320 g/mol. The van der Waals surface area contributed by atoms with Gasteiger partial charge in [-0.3, -0.25) is 4.79 Å². The van der Waals surface area contributed by atoms with Crippen LogP contribution in [0.2, 0.25) is 0 Å². The molecule has 0 aromatic carbocycles. The summed E-state index contributed by atoms with van der Waals surface area (Å²) in [5.41, 5.74) is -0.849. The monoisotopic (exact) mass is 338 g/mol. The van der Waals surface area contributed by atoms with E-state index >= 15 is 0 Å². The van der Waals surface area contributed by atoms with Crippen LogP contribution in [0.25, 0.3) is 0 Å². The number of aliphatic carboxylic acids is 1. The highest BCUT2D eigenvalue weighted by Crippen LogP contribution is 2.20. The summed E-state index contributed by atoms with van der Waals surface area (Å²) in [5.74, 6) is -0.969. The molecule has 1 rings (SSSR count). The van der Waals surface area contributed by atoms with E-state index in [4.69, 9.17) is 5.11 Å². The molecule has 0 bridgehead atoms. The predicted octanol–water partition coefficient (Wildman–Crippen LogP) is -0.725. The van der Waals surface area contributed by atoms with Crippen molar-refractivity contribution in [3.05, 3.63) is 5.82 Å². The van der Waals surface area contributed by atoms with Crippen LogP contribution in [0.5, 0.6) is 0 Å². The van der Waals surface area contributed by atoms with E-state index in [9.17, 15) is 18.3 Å². The quantitative estimate of drug-likeness (QED) is 0.528. The Balaban J connectivity index is 2.99. The molecule has 0 saturated heterocycles. The van der Waals surface area contributed by atoms with Gasteiger partial charge >= 0.3 is 5.97 Å². The van der Waals surface area contributed by atoms with E-state index in [-0.39, 0.29) is 24.7 Å². The maximum absolute atomic E-state index is 11.3. The van der Waals surface area contributed by atoms with Crippen LogP contribution in [0.4, 0.5) is 0 Å². The molecule has 1 aromatic rings. The molecule has 0 saturated carbocycles. The fraction of sp³-hybridized carbons (Fsp3) is 0.700. The number of hydrogen-bond donors (Lipinski definition) is 3. The Morgan fingerprint density at radius 1 is 1.43 bits per heavy atom. The average molecular weight is 338 g/mol. The molecule has 0 unspecified atom stereocenters. The third-order valence-electron chi connectivity index (χ3n) is 2.27. The van der Waals surface area contributed by atoms with Crippen LogP contribution in [0.15, 0.2) is 5.16 Å². The van der Waals surface area contributed by atoms with Gasteiger partial charge in [0.1, 0.15) is 6.61 Å². The van der Waals surface area contributed by atoms with E-state index in [1.807, 2.05) is 0 Å². The Morgan fingerprint density at radius 3 is 2.52 bits per heavy atom. The summed E-state index contributed by atoms with van der Waals surface area (Å²) in [6.45, 7) is 3.11. The van der Waals surface area contributed by atoms with Crippen LogP contribution >= 0.6 is 11.8 Å². The molecule has 0 fully saturated rings. The molecule has 21 heavy (non-hydrogen) atoms. The predicted molar refractivity (Wildman–Crippen MR) is 76.4 cm³/mol. The van der Waals surface area contributed by atoms with E-state index in [0.717, 1.165) is 18.0 Å². The van der Waals surface area contributed by atoms with Gasteiger partial charge in [0.25, 0.3) is 0 Å². The minimum absolute atomic E-state index is 0.158. The maximum atomic E-state index is 11.3. The van der Waals surface area contributed by atoms with E-state index < -0.39 is 21.5 Å². The van der Waals surface area contributed by atoms with Crippen molar-refractivity contribution in [2.45, 2.75) is 37.7 Å². The van der Waals surface area contributed by atoms with Crippen molar-refractivity contribution in [2.75, 3.05) is 12.0 Å². The van der Waals surface area contributed by atoms with Gasteiger partial charge in [-0.25, -0.2) is 13.1 Å². The van der Waals surface area contributed by atoms with Crippen molar-refractivity contribution in [3.8, 4) is 0 Å². The van der Waals surface area contributed by atoms with Gasteiger partial charge in [0, 0.05) is 12.1 Å². The van der Waals surface area contributed by atoms with E-state index in [2.05, 4.69) is 14.9 Å². The lowest BCUT2D eigenvalue weighted by Crippen LogP contribution is -2.46. The summed E-state index contributed by atoms with van der Waals surface area (Å²) in [6, 6.07) is 0. The fourth-order valence-corrected chi connectivity index (χ4v) is 3.50. The number of carboxylic acid groups (broad SMARTS) is 1. The van der Waals surface area contributed by atoms with Crippen LogP contribution in [-0.4, -0.2) is 56.9 Å². The first-order valence-corrected chi connectivity index (χ1v) is 8.78. The summed E-state index contributed by atoms with van der Waals surface area (Å²) in [4.78, 5) is 10.6. The van der Waals surface area contributed by atoms with Gasteiger partial charge in [-0.15, -0.1) is 10.2 Å². The second kappa shape index (κ2) is 6.73. The molecule has 0 atom stereocenters. The number of aliphatic hydroxyl groups is 1. The molecule has 3 N–H and O–H groups in total. The number of carbonyl (C=O) groups is 1. The molecular formula is C10H18N4O5S2. The summed E-state index contributed by atoms with van der Waals surface area (Å²) >= 11 is 0.951. The van der Waals surface area contributed by atoms with E-state index in [0.29, 0.717) is 5.16 Å². The Bertz CT molecular complexity index is 611. The highest BCUT2D eigenvalue weighted by molar-refractivity contribution is 7.99. The van der Waals surface area contributed by atoms with Crippen molar-refractivity contribution in [1.82, 2.24) is 19.5 Å². The second-order valence-electron chi connectivity index (χ2n) is 5.08. The summed E-state index contributed by atoms with van der Waals surface area (Å²) < 4.78 is 26.7. The van der Waals surface area contributed by atoms with Gasteiger partial charge in [0.2, 0.25) is 10.0 Å². The standard InChI is InChI=1S/C10H18N4O5S2/c1-10(2,13-21(3,18)19)6-14-7(4-15)11-12-9(14)20-5-8(16)17/h13,15H,4-6H2,1-3H3,(H,16,17). The molecule has 0 radical (unpaired) electrons. The van der Waals surface area contributed by atoms with E-state index in [1.165, 1.54) is 4.57 Å². The molecule has 0 spiro atoms. The first kappa shape index (κ1) is 17.9. The average Bonchev–Trinajstić information content (AvgIpc) is 2.64. The number of aliphatic hydroxyl groups excluding tert-OH is 1. The third-order valence-corrected chi connectivity index (χ3v) is 4.15. The van der Waals surface area contributed by atoms with E-state index in [1.54, 1.807) is 13.8 Å². The molecule has 0 aliphatic heterocycles. The normalized spacial score (nSPS) is 12.6. The van der Waals surface area contributed by atoms with Gasteiger partial charge < -0.3 is 14.8 Å². The fourth-order valence-electron chi connectivity index (χ4n) is 1.76. The summed E-state index contributed by atoms with van der Waals surface area (Å²) in [7, 11) is -3.41.